The van der Waals surface area contributed by atoms with Crippen molar-refractivity contribution in [3.05, 3.63) is 53.3 Å². The number of benzene rings is 2. The van der Waals surface area contributed by atoms with Gasteiger partial charge in [0.15, 0.2) is 0 Å². The van der Waals surface area contributed by atoms with E-state index in [-0.39, 0.29) is 16.5 Å². The quantitative estimate of drug-likeness (QED) is 0.900. The summed E-state index contributed by atoms with van der Waals surface area (Å²) in [5.74, 6) is -0.792. The number of halogens is 1. The van der Waals surface area contributed by atoms with Gasteiger partial charge in [-0.15, -0.1) is 0 Å². The Morgan fingerprint density at radius 1 is 1.00 bits per heavy atom. The van der Waals surface area contributed by atoms with Gasteiger partial charge in [0.1, 0.15) is 5.82 Å². The van der Waals surface area contributed by atoms with Crippen LogP contribution in [0.5, 0.6) is 0 Å². The first-order chi connectivity index (χ1) is 10.7. The van der Waals surface area contributed by atoms with Crippen molar-refractivity contribution in [3.8, 4) is 0 Å². The molecule has 23 heavy (non-hydrogen) atoms. The molecule has 0 atom stereocenters. The fraction of sp³-hybridized carbons (Fsp3) is 0.188. The summed E-state index contributed by atoms with van der Waals surface area (Å²) in [6.45, 7) is 4.57. The van der Waals surface area contributed by atoms with Crippen molar-refractivity contribution in [2.75, 3.05) is 10.0 Å². The van der Waals surface area contributed by atoms with Gasteiger partial charge in [0.05, 0.1) is 10.6 Å². The van der Waals surface area contributed by atoms with Crippen LogP contribution in [-0.2, 0) is 14.8 Å². The van der Waals surface area contributed by atoms with Gasteiger partial charge < -0.3 is 5.32 Å². The normalized spacial score (nSPS) is 11.1. The van der Waals surface area contributed by atoms with E-state index in [1.165, 1.54) is 25.1 Å². The molecule has 0 unspecified atom stereocenters. The Hall–Kier alpha value is -2.41. The van der Waals surface area contributed by atoms with Crippen LogP contribution in [0.15, 0.2) is 41.3 Å². The van der Waals surface area contributed by atoms with E-state index >= 15 is 0 Å². The molecule has 1 amide bonds. The van der Waals surface area contributed by atoms with Crippen LogP contribution in [0.2, 0.25) is 0 Å². The van der Waals surface area contributed by atoms with E-state index in [4.69, 9.17) is 0 Å². The molecule has 2 N–H and O–H groups in total. The summed E-state index contributed by atoms with van der Waals surface area (Å²) in [7, 11) is -3.90. The third-order valence-electron chi connectivity index (χ3n) is 3.22. The highest BCUT2D eigenvalue weighted by molar-refractivity contribution is 7.92. The topological polar surface area (TPSA) is 75.3 Å². The summed E-state index contributed by atoms with van der Waals surface area (Å²) in [6.07, 6.45) is 0. The van der Waals surface area contributed by atoms with Crippen molar-refractivity contribution in [3.63, 3.8) is 0 Å². The third-order valence-corrected chi connectivity index (χ3v) is 4.75. The van der Waals surface area contributed by atoms with E-state index < -0.39 is 15.8 Å². The van der Waals surface area contributed by atoms with Crippen LogP contribution in [0.4, 0.5) is 15.8 Å². The summed E-state index contributed by atoms with van der Waals surface area (Å²) in [5.41, 5.74) is 1.45. The first kappa shape index (κ1) is 17.0. The minimum Gasteiger partial charge on any atom is -0.326 e. The zero-order chi connectivity index (χ0) is 17.2. The summed E-state index contributed by atoms with van der Waals surface area (Å²) >= 11 is 0. The molecular weight excluding hydrogens is 319 g/mol. The van der Waals surface area contributed by atoms with Crippen molar-refractivity contribution >= 4 is 27.3 Å². The molecule has 0 aliphatic carbocycles. The zero-order valence-corrected chi connectivity index (χ0v) is 13.8. The lowest BCUT2D eigenvalue weighted by atomic mass is 10.2. The summed E-state index contributed by atoms with van der Waals surface area (Å²) in [5, 5.41) is 2.53. The lowest BCUT2D eigenvalue weighted by Gasteiger charge is -2.12. The number of carbonyl (C=O) groups excluding carboxylic acids is 1. The van der Waals surface area contributed by atoms with E-state index in [0.29, 0.717) is 16.8 Å². The Bertz CT molecular complexity index is 864. The summed E-state index contributed by atoms with van der Waals surface area (Å²) < 4.78 is 40.9. The second-order valence-electron chi connectivity index (χ2n) is 5.23. The predicted molar refractivity (Wildman–Crippen MR) is 87.4 cm³/mol. The van der Waals surface area contributed by atoms with Gasteiger partial charge in [-0.05, 0) is 49.2 Å². The molecule has 0 bridgehead atoms. The molecule has 0 aromatic heterocycles. The Balaban J connectivity index is 2.38. The third kappa shape index (κ3) is 4.07. The average molecular weight is 336 g/mol. The Morgan fingerprint density at radius 2 is 1.61 bits per heavy atom. The minimum absolute atomic E-state index is 0.0183. The van der Waals surface area contributed by atoms with E-state index in [1.54, 1.807) is 26.0 Å². The highest BCUT2D eigenvalue weighted by Crippen LogP contribution is 2.23. The number of anilines is 2. The smallest absolute Gasteiger partial charge is 0.262 e. The maximum Gasteiger partial charge on any atom is 0.262 e. The van der Waals surface area contributed by atoms with Crippen LogP contribution in [0, 0.1) is 19.7 Å². The van der Waals surface area contributed by atoms with Crippen molar-refractivity contribution in [1.82, 2.24) is 0 Å². The van der Waals surface area contributed by atoms with Crippen LogP contribution in [0.3, 0.4) is 0 Å². The molecule has 0 aliphatic rings. The van der Waals surface area contributed by atoms with Gasteiger partial charge in [-0.2, -0.15) is 0 Å². The predicted octanol–water partition coefficient (Wildman–Crippen LogP) is 3.20. The van der Waals surface area contributed by atoms with Crippen molar-refractivity contribution in [1.29, 1.82) is 0 Å². The number of amides is 1. The van der Waals surface area contributed by atoms with Crippen molar-refractivity contribution in [2.45, 2.75) is 25.7 Å². The van der Waals surface area contributed by atoms with E-state index in [1.807, 2.05) is 0 Å². The Kier molecular flexibility index (Phi) is 4.70. The van der Waals surface area contributed by atoms with E-state index in [2.05, 4.69) is 10.0 Å². The zero-order valence-electron chi connectivity index (χ0n) is 13.0. The molecule has 2 rings (SSSR count). The summed E-state index contributed by atoms with van der Waals surface area (Å²) in [6, 6.07) is 8.68. The molecule has 122 valence electrons. The summed E-state index contributed by atoms with van der Waals surface area (Å²) in [4.78, 5) is 11.1. The fourth-order valence-corrected chi connectivity index (χ4v) is 3.36. The standard InChI is InChI=1S/C16H17FN2O3S/c1-10-4-7-14(8-15(10)17)19-23(21,22)16-9-13(18-12(3)20)6-5-11(16)2/h4-9,19H,1-3H3,(H,18,20). The highest BCUT2D eigenvalue weighted by atomic mass is 32.2. The first-order valence-corrected chi connectivity index (χ1v) is 8.34. The lowest BCUT2D eigenvalue weighted by molar-refractivity contribution is -0.114. The van der Waals surface area contributed by atoms with Crippen molar-refractivity contribution < 1.29 is 17.6 Å². The van der Waals surface area contributed by atoms with Gasteiger partial charge in [-0.3, -0.25) is 9.52 Å². The molecule has 0 heterocycles. The Morgan fingerprint density at radius 3 is 2.22 bits per heavy atom. The molecule has 0 spiro atoms. The molecule has 7 heteroatoms. The van der Waals surface area contributed by atoms with Gasteiger partial charge in [0, 0.05) is 12.6 Å². The van der Waals surface area contributed by atoms with Crippen LogP contribution in [0.1, 0.15) is 18.1 Å². The maximum atomic E-state index is 13.6. The molecule has 0 fully saturated rings. The molecule has 2 aromatic rings. The number of rotatable bonds is 4. The van der Waals surface area contributed by atoms with Crippen LogP contribution in [-0.4, -0.2) is 14.3 Å². The molecule has 2 aromatic carbocycles. The fourth-order valence-electron chi connectivity index (χ4n) is 2.04. The lowest BCUT2D eigenvalue weighted by Crippen LogP contribution is -2.15. The number of nitrogens with one attached hydrogen (secondary N) is 2. The number of sulfonamides is 1. The van der Waals surface area contributed by atoms with E-state index in [0.717, 1.165) is 6.07 Å². The van der Waals surface area contributed by atoms with Gasteiger partial charge in [-0.1, -0.05) is 12.1 Å². The van der Waals surface area contributed by atoms with Gasteiger partial charge >= 0.3 is 0 Å². The van der Waals surface area contributed by atoms with Crippen LogP contribution in [0.25, 0.3) is 0 Å². The minimum atomic E-state index is -3.90. The molecule has 0 aliphatic heterocycles. The van der Waals surface area contributed by atoms with Gasteiger partial charge in [0.25, 0.3) is 10.0 Å². The van der Waals surface area contributed by atoms with Gasteiger partial charge in [-0.25, -0.2) is 12.8 Å². The SMILES string of the molecule is CC(=O)Nc1ccc(C)c(S(=O)(=O)Nc2ccc(C)c(F)c2)c1. The Labute approximate surface area is 134 Å². The second kappa shape index (κ2) is 6.37. The molecule has 0 saturated carbocycles. The molecule has 0 saturated heterocycles. The van der Waals surface area contributed by atoms with Crippen molar-refractivity contribution in [2.24, 2.45) is 0 Å². The molecular formula is C16H17FN2O3S. The number of aryl methyl sites for hydroxylation is 2. The number of hydrogen-bond donors (Lipinski definition) is 2. The van der Waals surface area contributed by atoms with Gasteiger partial charge in [0.2, 0.25) is 5.91 Å². The highest BCUT2D eigenvalue weighted by Gasteiger charge is 2.18. The average Bonchev–Trinajstić information content (AvgIpc) is 2.44. The largest absolute Gasteiger partial charge is 0.326 e. The molecule has 0 radical (unpaired) electrons. The maximum absolute atomic E-state index is 13.6. The number of hydrogen-bond acceptors (Lipinski definition) is 3. The van der Waals surface area contributed by atoms with Crippen LogP contribution >= 0.6 is 0 Å². The van der Waals surface area contributed by atoms with Crippen LogP contribution < -0.4 is 10.0 Å². The monoisotopic (exact) mass is 336 g/mol. The molecule has 5 nitrogen and oxygen atoms in total. The van der Waals surface area contributed by atoms with E-state index in [9.17, 15) is 17.6 Å². The second-order valence-corrected chi connectivity index (χ2v) is 6.88. The first-order valence-electron chi connectivity index (χ1n) is 6.86. The number of carbonyl (C=O) groups is 1.